The summed E-state index contributed by atoms with van der Waals surface area (Å²) in [6.45, 7) is 5.35. The molecule has 4 heteroatoms. The third-order valence-corrected chi connectivity index (χ3v) is 8.09. The molecular weight excluding hydrogens is 508 g/mol. The van der Waals surface area contributed by atoms with E-state index in [9.17, 15) is 9.90 Å². The van der Waals surface area contributed by atoms with Crippen molar-refractivity contribution >= 4 is 5.97 Å². The Morgan fingerprint density at radius 2 is 0.951 bits per heavy atom. The van der Waals surface area contributed by atoms with E-state index >= 15 is 0 Å². The predicted molar refractivity (Wildman–Crippen MR) is 178 cm³/mol. The molecule has 0 aromatic rings. The number of rotatable bonds is 34. The lowest BCUT2D eigenvalue weighted by atomic mass is 10.0. The van der Waals surface area contributed by atoms with Crippen LogP contribution in [0.4, 0.5) is 0 Å². The number of ether oxygens (including phenoxy) is 2. The maximum Gasteiger partial charge on any atom is 0.306 e. The maximum absolute atomic E-state index is 12.1. The Bertz CT molecular complexity index is 533. The molecule has 1 unspecified atom stereocenters. The van der Waals surface area contributed by atoms with Gasteiger partial charge in [0.15, 0.2) is 0 Å². The van der Waals surface area contributed by atoms with Crippen molar-refractivity contribution in [1.29, 1.82) is 0 Å². The van der Waals surface area contributed by atoms with Gasteiger partial charge in [0.2, 0.25) is 0 Å². The van der Waals surface area contributed by atoms with Crippen molar-refractivity contribution in [3.05, 3.63) is 12.2 Å². The van der Waals surface area contributed by atoms with E-state index in [0.29, 0.717) is 19.6 Å². The Balaban J connectivity index is 3.42. The first-order valence-electron chi connectivity index (χ1n) is 18.3. The summed E-state index contributed by atoms with van der Waals surface area (Å²) in [4.78, 5) is 12.1. The summed E-state index contributed by atoms with van der Waals surface area (Å²) in [5.41, 5.74) is 0. The Morgan fingerprint density at radius 3 is 1.39 bits per heavy atom. The average Bonchev–Trinajstić information content (AvgIpc) is 2.98. The molecule has 0 aliphatic rings. The second-order valence-electron chi connectivity index (χ2n) is 12.3. The van der Waals surface area contributed by atoms with Crippen LogP contribution >= 0.6 is 0 Å². The van der Waals surface area contributed by atoms with Gasteiger partial charge in [0.05, 0.1) is 13.2 Å². The quantitative estimate of drug-likeness (QED) is 0.0467. The van der Waals surface area contributed by atoms with Crippen LogP contribution in [0.3, 0.4) is 0 Å². The summed E-state index contributed by atoms with van der Waals surface area (Å²) in [5, 5.41) is 9.54. The second-order valence-corrected chi connectivity index (χ2v) is 12.3. The van der Waals surface area contributed by atoms with Crippen LogP contribution in [0.2, 0.25) is 0 Å². The molecule has 0 radical (unpaired) electrons. The van der Waals surface area contributed by atoms with Gasteiger partial charge >= 0.3 is 5.97 Å². The van der Waals surface area contributed by atoms with E-state index in [2.05, 4.69) is 26.0 Å². The third kappa shape index (κ3) is 33.5. The first-order chi connectivity index (χ1) is 20.2. The molecular formula is C37H72O4. The molecule has 4 nitrogen and oxygen atoms in total. The minimum atomic E-state index is -0.530. The summed E-state index contributed by atoms with van der Waals surface area (Å²) in [6.07, 6.45) is 39.6. The van der Waals surface area contributed by atoms with Gasteiger partial charge in [0, 0.05) is 13.0 Å². The van der Waals surface area contributed by atoms with E-state index in [1.807, 2.05) is 0 Å². The number of allylic oxidation sites excluding steroid dienone is 2. The van der Waals surface area contributed by atoms with Gasteiger partial charge in [-0.15, -0.1) is 0 Å². The molecule has 0 aliphatic carbocycles. The van der Waals surface area contributed by atoms with E-state index in [-0.39, 0.29) is 12.6 Å². The molecule has 0 aromatic heterocycles. The van der Waals surface area contributed by atoms with Crippen LogP contribution in [0.5, 0.6) is 0 Å². The van der Waals surface area contributed by atoms with Crippen LogP contribution in [-0.4, -0.2) is 37.0 Å². The van der Waals surface area contributed by atoms with Gasteiger partial charge in [-0.25, -0.2) is 0 Å². The van der Waals surface area contributed by atoms with E-state index < -0.39 is 6.10 Å². The molecule has 0 bridgehead atoms. The van der Waals surface area contributed by atoms with Crippen LogP contribution in [0.15, 0.2) is 12.2 Å². The third-order valence-electron chi connectivity index (χ3n) is 8.09. The summed E-state index contributed by atoms with van der Waals surface area (Å²) >= 11 is 0. The summed E-state index contributed by atoms with van der Waals surface area (Å²) < 4.78 is 11.1. The molecule has 0 saturated heterocycles. The lowest BCUT2D eigenvalue weighted by Crippen LogP contribution is -2.27. The van der Waals surface area contributed by atoms with Crippen LogP contribution < -0.4 is 0 Å². The van der Waals surface area contributed by atoms with E-state index in [1.54, 1.807) is 0 Å². The Labute approximate surface area is 256 Å². The normalized spacial score (nSPS) is 12.4. The van der Waals surface area contributed by atoms with Gasteiger partial charge in [0.1, 0.15) is 6.10 Å². The van der Waals surface area contributed by atoms with Gasteiger partial charge in [-0.1, -0.05) is 161 Å². The summed E-state index contributed by atoms with van der Waals surface area (Å²) in [5.74, 6) is -0.207. The number of carbonyl (C=O) groups excluding carboxylic acids is 1. The molecule has 0 saturated carbocycles. The highest BCUT2D eigenvalue weighted by molar-refractivity contribution is 5.69. The van der Waals surface area contributed by atoms with Gasteiger partial charge in [-0.3, -0.25) is 4.79 Å². The fourth-order valence-electron chi connectivity index (χ4n) is 5.32. The first kappa shape index (κ1) is 40.1. The van der Waals surface area contributed by atoms with Crippen molar-refractivity contribution in [2.24, 2.45) is 0 Å². The van der Waals surface area contributed by atoms with Crippen LogP contribution in [0, 0.1) is 0 Å². The Morgan fingerprint density at radius 1 is 0.561 bits per heavy atom. The Kier molecular flexibility index (Phi) is 34.6. The van der Waals surface area contributed by atoms with Crippen LogP contribution in [0.25, 0.3) is 0 Å². The van der Waals surface area contributed by atoms with E-state index in [4.69, 9.17) is 9.47 Å². The smallest absolute Gasteiger partial charge is 0.306 e. The van der Waals surface area contributed by atoms with Crippen LogP contribution in [0.1, 0.15) is 194 Å². The highest BCUT2D eigenvalue weighted by Gasteiger charge is 2.13. The topological polar surface area (TPSA) is 55.8 Å². The fourth-order valence-corrected chi connectivity index (χ4v) is 5.32. The minimum Gasteiger partial charge on any atom is -0.457 e. The van der Waals surface area contributed by atoms with Crippen molar-refractivity contribution in [3.63, 3.8) is 0 Å². The van der Waals surface area contributed by atoms with Crippen molar-refractivity contribution in [2.45, 2.75) is 200 Å². The second kappa shape index (κ2) is 35.3. The molecule has 244 valence electrons. The van der Waals surface area contributed by atoms with Gasteiger partial charge in [-0.2, -0.15) is 0 Å². The fraction of sp³-hybridized carbons (Fsp3) is 0.919. The van der Waals surface area contributed by atoms with E-state index in [0.717, 1.165) is 19.3 Å². The largest absolute Gasteiger partial charge is 0.457 e. The number of carbonyl (C=O) groups is 1. The number of aliphatic hydroxyl groups is 1. The summed E-state index contributed by atoms with van der Waals surface area (Å²) in [7, 11) is 0. The zero-order chi connectivity index (χ0) is 29.9. The van der Waals surface area contributed by atoms with E-state index in [1.165, 1.54) is 154 Å². The minimum absolute atomic E-state index is 0.170. The number of esters is 1. The Hall–Kier alpha value is -0.870. The van der Waals surface area contributed by atoms with Gasteiger partial charge < -0.3 is 14.6 Å². The zero-order valence-corrected chi connectivity index (χ0v) is 27.8. The van der Waals surface area contributed by atoms with Crippen LogP contribution in [-0.2, 0) is 14.3 Å². The predicted octanol–water partition coefficient (Wildman–Crippen LogP) is 11.4. The molecule has 0 rings (SSSR count). The zero-order valence-electron chi connectivity index (χ0n) is 27.8. The first-order valence-corrected chi connectivity index (χ1v) is 18.3. The molecule has 1 N–H and O–H groups in total. The van der Waals surface area contributed by atoms with Crippen molar-refractivity contribution in [1.82, 2.24) is 0 Å². The van der Waals surface area contributed by atoms with Crippen molar-refractivity contribution < 1.29 is 19.4 Å². The lowest BCUT2D eigenvalue weighted by molar-refractivity contribution is -0.154. The number of aliphatic hydroxyl groups excluding tert-OH is 1. The molecule has 0 amide bonds. The highest BCUT2D eigenvalue weighted by atomic mass is 16.6. The maximum atomic E-state index is 12.1. The highest BCUT2D eigenvalue weighted by Crippen LogP contribution is 2.14. The standard InChI is InChI=1S/C37H72O4/c1-3-5-7-9-11-13-15-17-19-20-22-24-26-28-30-32-37(39)41-36(34-38)35-40-33-31-29-27-25-23-21-18-16-14-12-10-8-6-4-2/h17,19,36,38H,3-16,18,20-35H2,1-2H3/b19-17-. The SMILES string of the molecule is CCCCCCCC/C=C\CCCCCCCC(=O)OC(CO)COCCCCCCCCCCCCCCCC. The molecule has 41 heavy (non-hydrogen) atoms. The molecule has 0 fully saturated rings. The monoisotopic (exact) mass is 581 g/mol. The average molecular weight is 581 g/mol. The van der Waals surface area contributed by atoms with Gasteiger partial charge in [-0.05, 0) is 38.5 Å². The van der Waals surface area contributed by atoms with Crippen molar-refractivity contribution in [2.75, 3.05) is 19.8 Å². The number of hydrogen-bond acceptors (Lipinski definition) is 4. The molecule has 0 spiro atoms. The summed E-state index contributed by atoms with van der Waals surface area (Å²) in [6, 6.07) is 0. The molecule has 0 aliphatic heterocycles. The van der Waals surface area contributed by atoms with Crippen molar-refractivity contribution in [3.8, 4) is 0 Å². The number of hydrogen-bond donors (Lipinski definition) is 1. The molecule has 1 atom stereocenters. The number of unbranched alkanes of at least 4 members (excludes halogenated alkanes) is 24. The van der Waals surface area contributed by atoms with Gasteiger partial charge in [0.25, 0.3) is 0 Å². The molecule has 0 aromatic carbocycles. The lowest BCUT2D eigenvalue weighted by Gasteiger charge is -2.15. The molecule has 0 heterocycles.